The van der Waals surface area contributed by atoms with Gasteiger partial charge in [0.2, 0.25) is 0 Å². The molecule has 0 aliphatic heterocycles. The third-order valence-corrected chi connectivity index (χ3v) is 3.36. The summed E-state index contributed by atoms with van der Waals surface area (Å²) in [7, 11) is 0. The predicted octanol–water partition coefficient (Wildman–Crippen LogP) is 4.00. The Hall–Kier alpha value is -0.0400. The number of unbranched alkanes of at least 4 members (excludes halogenated alkanes) is 2. The Morgan fingerprint density at radius 3 is 2.14 bits per heavy atom. The van der Waals surface area contributed by atoms with Gasteiger partial charge in [0.15, 0.2) is 0 Å². The Balaban J connectivity index is 3.72. The van der Waals surface area contributed by atoms with Crippen LogP contribution in [-0.4, -0.2) is 11.7 Å². The SMILES string of the molecule is CCCCC(CCCCO)C(C)CC. The summed E-state index contributed by atoms with van der Waals surface area (Å²) in [5.41, 5.74) is 0. The van der Waals surface area contributed by atoms with Gasteiger partial charge in [0, 0.05) is 6.61 Å². The molecular weight excluding hydrogens is 172 g/mol. The molecular formula is C13H28O. The maximum absolute atomic E-state index is 8.75. The van der Waals surface area contributed by atoms with Crippen molar-refractivity contribution < 1.29 is 5.11 Å². The molecule has 2 unspecified atom stereocenters. The van der Waals surface area contributed by atoms with Gasteiger partial charge in [-0.25, -0.2) is 0 Å². The molecule has 0 aromatic rings. The number of hydrogen-bond acceptors (Lipinski definition) is 1. The highest BCUT2D eigenvalue weighted by molar-refractivity contribution is 4.65. The molecule has 0 aromatic carbocycles. The van der Waals surface area contributed by atoms with Gasteiger partial charge in [-0.05, 0) is 18.3 Å². The average molecular weight is 200 g/mol. The molecule has 1 heteroatoms. The van der Waals surface area contributed by atoms with E-state index in [9.17, 15) is 0 Å². The summed E-state index contributed by atoms with van der Waals surface area (Å²) in [4.78, 5) is 0. The molecule has 86 valence electrons. The molecule has 0 fully saturated rings. The second kappa shape index (κ2) is 9.51. The summed E-state index contributed by atoms with van der Waals surface area (Å²) in [5, 5.41) is 8.75. The molecule has 0 aliphatic rings. The van der Waals surface area contributed by atoms with Crippen LogP contribution in [0.4, 0.5) is 0 Å². The van der Waals surface area contributed by atoms with Crippen LogP contribution in [0.3, 0.4) is 0 Å². The van der Waals surface area contributed by atoms with Gasteiger partial charge in [0.05, 0.1) is 0 Å². The first-order valence-corrected chi connectivity index (χ1v) is 6.37. The topological polar surface area (TPSA) is 20.2 Å². The minimum absolute atomic E-state index is 0.362. The van der Waals surface area contributed by atoms with Crippen LogP contribution in [0.5, 0.6) is 0 Å². The van der Waals surface area contributed by atoms with Crippen molar-refractivity contribution in [2.75, 3.05) is 6.61 Å². The highest BCUT2D eigenvalue weighted by Gasteiger charge is 2.14. The Morgan fingerprint density at radius 2 is 1.64 bits per heavy atom. The van der Waals surface area contributed by atoms with Crippen LogP contribution in [0.2, 0.25) is 0 Å². The lowest BCUT2D eigenvalue weighted by molar-refractivity contribution is 0.255. The first-order chi connectivity index (χ1) is 6.76. The van der Waals surface area contributed by atoms with Gasteiger partial charge in [-0.3, -0.25) is 0 Å². The van der Waals surface area contributed by atoms with Crippen LogP contribution in [0, 0.1) is 11.8 Å². The minimum atomic E-state index is 0.362. The van der Waals surface area contributed by atoms with Crippen molar-refractivity contribution in [3.8, 4) is 0 Å². The molecule has 1 N–H and O–H groups in total. The smallest absolute Gasteiger partial charge is 0.0431 e. The van der Waals surface area contributed by atoms with E-state index in [2.05, 4.69) is 20.8 Å². The third-order valence-electron chi connectivity index (χ3n) is 3.36. The molecule has 0 rings (SSSR count). The van der Waals surface area contributed by atoms with Crippen LogP contribution in [0.15, 0.2) is 0 Å². The molecule has 1 nitrogen and oxygen atoms in total. The summed E-state index contributed by atoms with van der Waals surface area (Å²) in [6.45, 7) is 7.29. The highest BCUT2D eigenvalue weighted by atomic mass is 16.2. The zero-order chi connectivity index (χ0) is 10.8. The van der Waals surface area contributed by atoms with Gasteiger partial charge in [0.1, 0.15) is 0 Å². The number of aliphatic hydroxyl groups excluding tert-OH is 1. The quantitative estimate of drug-likeness (QED) is 0.558. The molecule has 2 atom stereocenters. The lowest BCUT2D eigenvalue weighted by atomic mass is 9.84. The van der Waals surface area contributed by atoms with Crippen molar-refractivity contribution in [2.24, 2.45) is 11.8 Å². The van der Waals surface area contributed by atoms with E-state index in [1.165, 1.54) is 38.5 Å². The van der Waals surface area contributed by atoms with Gasteiger partial charge in [-0.15, -0.1) is 0 Å². The summed E-state index contributed by atoms with van der Waals surface area (Å²) in [6, 6.07) is 0. The van der Waals surface area contributed by atoms with E-state index in [-0.39, 0.29) is 0 Å². The Labute approximate surface area is 89.9 Å². The Kier molecular flexibility index (Phi) is 9.49. The fourth-order valence-corrected chi connectivity index (χ4v) is 2.03. The second-order valence-electron chi connectivity index (χ2n) is 4.51. The number of rotatable bonds is 9. The molecule has 0 saturated carbocycles. The summed E-state index contributed by atoms with van der Waals surface area (Å²) in [6.07, 6.45) is 8.87. The summed E-state index contributed by atoms with van der Waals surface area (Å²) >= 11 is 0. The molecule has 14 heavy (non-hydrogen) atoms. The zero-order valence-corrected chi connectivity index (χ0v) is 10.3. The van der Waals surface area contributed by atoms with Crippen molar-refractivity contribution in [2.45, 2.75) is 65.7 Å². The van der Waals surface area contributed by atoms with E-state index in [0.29, 0.717) is 6.61 Å². The fraction of sp³-hybridized carbons (Fsp3) is 1.00. The van der Waals surface area contributed by atoms with E-state index in [0.717, 1.165) is 18.3 Å². The normalized spacial score (nSPS) is 15.4. The second-order valence-corrected chi connectivity index (χ2v) is 4.51. The first kappa shape index (κ1) is 14.0. The van der Waals surface area contributed by atoms with Crippen LogP contribution in [0.25, 0.3) is 0 Å². The average Bonchev–Trinajstić information content (AvgIpc) is 2.22. The largest absolute Gasteiger partial charge is 0.396 e. The lowest BCUT2D eigenvalue weighted by Crippen LogP contribution is -2.11. The standard InChI is InChI=1S/C13H28O/c1-4-6-9-13(12(3)5-2)10-7-8-11-14/h12-14H,4-11H2,1-3H3. The maximum atomic E-state index is 8.75. The van der Waals surface area contributed by atoms with Crippen molar-refractivity contribution in [3.63, 3.8) is 0 Å². The molecule has 0 saturated heterocycles. The highest BCUT2D eigenvalue weighted by Crippen LogP contribution is 2.26. The Bertz CT molecular complexity index is 112. The molecule has 0 aliphatic carbocycles. The molecule has 0 spiro atoms. The van der Waals surface area contributed by atoms with Crippen LogP contribution in [0.1, 0.15) is 65.7 Å². The van der Waals surface area contributed by atoms with Gasteiger partial charge >= 0.3 is 0 Å². The van der Waals surface area contributed by atoms with Crippen molar-refractivity contribution in [3.05, 3.63) is 0 Å². The van der Waals surface area contributed by atoms with E-state index < -0.39 is 0 Å². The van der Waals surface area contributed by atoms with Gasteiger partial charge in [-0.1, -0.05) is 59.3 Å². The van der Waals surface area contributed by atoms with E-state index >= 15 is 0 Å². The molecule has 0 radical (unpaired) electrons. The van der Waals surface area contributed by atoms with E-state index in [4.69, 9.17) is 5.11 Å². The minimum Gasteiger partial charge on any atom is -0.396 e. The van der Waals surface area contributed by atoms with Crippen LogP contribution in [-0.2, 0) is 0 Å². The molecule has 0 bridgehead atoms. The van der Waals surface area contributed by atoms with E-state index in [1.54, 1.807) is 0 Å². The fourth-order valence-electron chi connectivity index (χ4n) is 2.03. The maximum Gasteiger partial charge on any atom is 0.0431 e. The monoisotopic (exact) mass is 200 g/mol. The lowest BCUT2D eigenvalue weighted by Gasteiger charge is -2.22. The van der Waals surface area contributed by atoms with E-state index in [1.807, 2.05) is 0 Å². The third kappa shape index (κ3) is 6.42. The van der Waals surface area contributed by atoms with Crippen molar-refractivity contribution in [1.29, 1.82) is 0 Å². The summed E-state index contributed by atoms with van der Waals surface area (Å²) in [5.74, 6) is 1.76. The Morgan fingerprint density at radius 1 is 1.00 bits per heavy atom. The van der Waals surface area contributed by atoms with Crippen molar-refractivity contribution >= 4 is 0 Å². The van der Waals surface area contributed by atoms with Gasteiger partial charge in [0.25, 0.3) is 0 Å². The van der Waals surface area contributed by atoms with Crippen LogP contribution >= 0.6 is 0 Å². The summed E-state index contributed by atoms with van der Waals surface area (Å²) < 4.78 is 0. The van der Waals surface area contributed by atoms with Crippen molar-refractivity contribution in [1.82, 2.24) is 0 Å². The van der Waals surface area contributed by atoms with Crippen LogP contribution < -0.4 is 0 Å². The molecule has 0 amide bonds. The van der Waals surface area contributed by atoms with Gasteiger partial charge < -0.3 is 5.11 Å². The zero-order valence-electron chi connectivity index (χ0n) is 10.3. The number of hydrogen-bond donors (Lipinski definition) is 1. The van der Waals surface area contributed by atoms with Gasteiger partial charge in [-0.2, -0.15) is 0 Å². The molecule has 0 heterocycles. The number of aliphatic hydroxyl groups is 1. The molecule has 0 aromatic heterocycles. The predicted molar refractivity (Wildman–Crippen MR) is 63.4 cm³/mol. The first-order valence-electron chi connectivity index (χ1n) is 6.37.